The number of benzene rings is 1. The second-order valence-corrected chi connectivity index (χ2v) is 5.89. The van der Waals surface area contributed by atoms with Crippen molar-refractivity contribution >= 4 is 23.1 Å². The van der Waals surface area contributed by atoms with Crippen LogP contribution in [0.1, 0.15) is 31.0 Å². The summed E-state index contributed by atoms with van der Waals surface area (Å²) in [6.45, 7) is 4.15. The zero-order valence-corrected chi connectivity index (χ0v) is 13.8. The van der Waals surface area contributed by atoms with E-state index in [-0.39, 0.29) is 11.7 Å². The van der Waals surface area contributed by atoms with Gasteiger partial charge in [0.2, 0.25) is 0 Å². The first-order valence-electron chi connectivity index (χ1n) is 7.62. The number of hydrogen-bond donors (Lipinski definition) is 2. The Morgan fingerprint density at radius 2 is 2.04 bits per heavy atom. The number of pyridine rings is 1. The Kier molecular flexibility index (Phi) is 3.97. The Balaban J connectivity index is 2.36. The van der Waals surface area contributed by atoms with Gasteiger partial charge in [-0.25, -0.2) is 9.37 Å². The van der Waals surface area contributed by atoms with E-state index < -0.39 is 5.82 Å². The van der Waals surface area contributed by atoms with Gasteiger partial charge in [0, 0.05) is 29.2 Å². The maximum absolute atomic E-state index is 13.8. The summed E-state index contributed by atoms with van der Waals surface area (Å²) in [5.41, 5.74) is 9.80. The molecule has 0 amide bonds. The van der Waals surface area contributed by atoms with Gasteiger partial charge in [-0.2, -0.15) is 0 Å². The number of nitrogens with two attached hydrogens (primary N) is 1. The lowest BCUT2D eigenvalue weighted by atomic mass is 10.1. The molecule has 24 heavy (non-hydrogen) atoms. The van der Waals surface area contributed by atoms with Crippen LogP contribution in [0.25, 0.3) is 16.7 Å². The fourth-order valence-electron chi connectivity index (χ4n) is 2.79. The summed E-state index contributed by atoms with van der Waals surface area (Å²) in [7, 11) is 1.44. The molecule has 3 aromatic rings. The van der Waals surface area contributed by atoms with Gasteiger partial charge in [-0.15, -0.1) is 0 Å². The molecule has 0 aliphatic rings. The van der Waals surface area contributed by atoms with Crippen molar-refractivity contribution in [2.24, 2.45) is 0 Å². The highest BCUT2D eigenvalue weighted by atomic mass is 19.1. The Hall–Kier alpha value is -2.89. The van der Waals surface area contributed by atoms with E-state index in [0.29, 0.717) is 11.4 Å². The molecule has 3 rings (SSSR count). The van der Waals surface area contributed by atoms with Crippen LogP contribution in [0.3, 0.4) is 0 Å². The van der Waals surface area contributed by atoms with Crippen LogP contribution >= 0.6 is 0 Å². The highest BCUT2D eigenvalue weighted by Crippen LogP contribution is 2.31. The maximum atomic E-state index is 13.8. The van der Waals surface area contributed by atoms with Crippen molar-refractivity contribution in [3.05, 3.63) is 47.4 Å². The molecule has 124 valence electrons. The maximum Gasteiger partial charge on any atom is 0.165 e. The molecule has 0 saturated heterocycles. The molecule has 2 aromatic heterocycles. The number of nitrogen functional groups attached to an aromatic ring is 1. The molecule has 1 aromatic carbocycles. The molecule has 0 aliphatic heterocycles. The molecule has 0 saturated carbocycles. The van der Waals surface area contributed by atoms with Gasteiger partial charge in [0.05, 0.1) is 18.1 Å². The van der Waals surface area contributed by atoms with Crippen molar-refractivity contribution in [1.82, 2.24) is 9.55 Å². The molecule has 6 heteroatoms. The van der Waals surface area contributed by atoms with Crippen LogP contribution in [0.2, 0.25) is 0 Å². The van der Waals surface area contributed by atoms with Gasteiger partial charge in [-0.3, -0.25) is 0 Å². The SMILES string of the molecule is COc1cc(-n2c(C(C)C)cc3nc(N)c(C=N)cc32)ccc1F. The third-order valence-electron chi connectivity index (χ3n) is 4.01. The first-order chi connectivity index (χ1) is 11.5. The summed E-state index contributed by atoms with van der Waals surface area (Å²) in [5, 5.41) is 7.49. The average molecular weight is 326 g/mol. The van der Waals surface area contributed by atoms with Gasteiger partial charge < -0.3 is 20.4 Å². The number of nitrogens with one attached hydrogen (secondary N) is 1. The second-order valence-electron chi connectivity index (χ2n) is 5.89. The fraction of sp³-hybridized carbons (Fsp3) is 0.222. The number of aromatic nitrogens is 2. The van der Waals surface area contributed by atoms with Gasteiger partial charge in [0.1, 0.15) is 5.82 Å². The van der Waals surface area contributed by atoms with E-state index in [9.17, 15) is 4.39 Å². The zero-order chi connectivity index (χ0) is 17.4. The zero-order valence-electron chi connectivity index (χ0n) is 13.8. The number of ether oxygens (including phenoxy) is 1. The van der Waals surface area contributed by atoms with Gasteiger partial charge in [0.25, 0.3) is 0 Å². The topological polar surface area (TPSA) is 76.9 Å². The number of halogens is 1. The highest BCUT2D eigenvalue weighted by molar-refractivity contribution is 5.92. The molecule has 5 nitrogen and oxygen atoms in total. The lowest BCUT2D eigenvalue weighted by molar-refractivity contribution is 0.386. The van der Waals surface area contributed by atoms with Crippen LogP contribution in [-0.2, 0) is 0 Å². The van der Waals surface area contributed by atoms with Gasteiger partial charge in [0.15, 0.2) is 11.6 Å². The molecular weight excluding hydrogens is 307 g/mol. The molecular formula is C18H19FN4O. The fourth-order valence-corrected chi connectivity index (χ4v) is 2.79. The number of nitrogens with zero attached hydrogens (tertiary/aromatic N) is 2. The Morgan fingerprint density at radius 3 is 2.67 bits per heavy atom. The largest absolute Gasteiger partial charge is 0.494 e. The number of fused-ring (bicyclic) bond motifs is 1. The third kappa shape index (κ3) is 2.50. The molecule has 0 atom stereocenters. The smallest absolute Gasteiger partial charge is 0.165 e. The standard InChI is InChI=1S/C18H19FN4O/c1-10(2)15-8-14-16(6-11(9-20)18(21)22-14)23(15)12-4-5-13(19)17(7-12)24-3/h4-10,20H,1-3H3,(H2,21,22). The summed E-state index contributed by atoms with van der Waals surface area (Å²) < 4.78 is 20.9. The quantitative estimate of drug-likeness (QED) is 0.714. The monoisotopic (exact) mass is 326 g/mol. The number of rotatable bonds is 4. The molecule has 2 heterocycles. The van der Waals surface area contributed by atoms with E-state index in [4.69, 9.17) is 15.9 Å². The Bertz CT molecular complexity index is 930. The van der Waals surface area contributed by atoms with Crippen LogP contribution in [0.4, 0.5) is 10.2 Å². The number of hydrogen-bond acceptors (Lipinski definition) is 4. The third-order valence-corrected chi connectivity index (χ3v) is 4.01. The van der Waals surface area contributed by atoms with Crippen molar-refractivity contribution in [3.63, 3.8) is 0 Å². The predicted molar refractivity (Wildman–Crippen MR) is 94.0 cm³/mol. The molecule has 0 spiro atoms. The van der Waals surface area contributed by atoms with Gasteiger partial charge in [-0.05, 0) is 30.2 Å². The average Bonchev–Trinajstić information content (AvgIpc) is 2.93. The van der Waals surface area contributed by atoms with E-state index in [1.54, 1.807) is 12.1 Å². The summed E-state index contributed by atoms with van der Waals surface area (Å²) in [6.07, 6.45) is 1.18. The Labute approximate surface area is 139 Å². The van der Waals surface area contributed by atoms with Crippen molar-refractivity contribution < 1.29 is 9.13 Å². The predicted octanol–water partition coefficient (Wildman–Crippen LogP) is 3.88. The van der Waals surface area contributed by atoms with E-state index in [1.807, 2.05) is 16.7 Å². The molecule has 0 bridgehead atoms. The van der Waals surface area contributed by atoms with Crippen molar-refractivity contribution in [2.45, 2.75) is 19.8 Å². The lowest BCUT2D eigenvalue weighted by Gasteiger charge is -2.15. The van der Waals surface area contributed by atoms with Crippen molar-refractivity contribution in [1.29, 1.82) is 5.41 Å². The van der Waals surface area contributed by atoms with E-state index in [0.717, 1.165) is 22.4 Å². The molecule has 3 N–H and O–H groups in total. The molecule has 0 unspecified atom stereocenters. The van der Waals surface area contributed by atoms with Crippen molar-refractivity contribution in [3.8, 4) is 11.4 Å². The minimum absolute atomic E-state index is 0.180. The van der Waals surface area contributed by atoms with Crippen LogP contribution in [0.5, 0.6) is 5.75 Å². The lowest BCUT2D eigenvalue weighted by Crippen LogP contribution is -2.04. The first kappa shape index (κ1) is 16.0. The molecule has 0 fully saturated rings. The summed E-state index contributed by atoms with van der Waals surface area (Å²) in [5.74, 6) is 0.313. The Morgan fingerprint density at radius 1 is 1.29 bits per heavy atom. The minimum Gasteiger partial charge on any atom is -0.494 e. The van der Waals surface area contributed by atoms with E-state index >= 15 is 0 Å². The van der Waals surface area contributed by atoms with Crippen LogP contribution in [-0.4, -0.2) is 22.9 Å². The normalized spacial score (nSPS) is 11.2. The minimum atomic E-state index is -0.411. The van der Waals surface area contributed by atoms with Crippen LogP contribution < -0.4 is 10.5 Å². The first-order valence-corrected chi connectivity index (χ1v) is 7.62. The summed E-state index contributed by atoms with van der Waals surface area (Å²) >= 11 is 0. The second kappa shape index (κ2) is 5.96. The number of methoxy groups -OCH3 is 1. The molecule has 0 aliphatic carbocycles. The number of anilines is 1. The van der Waals surface area contributed by atoms with Gasteiger partial charge >= 0.3 is 0 Å². The summed E-state index contributed by atoms with van der Waals surface area (Å²) in [4.78, 5) is 4.40. The van der Waals surface area contributed by atoms with E-state index in [2.05, 4.69) is 18.8 Å². The van der Waals surface area contributed by atoms with Gasteiger partial charge in [-0.1, -0.05) is 13.8 Å². The van der Waals surface area contributed by atoms with Crippen LogP contribution in [0, 0.1) is 11.2 Å². The highest BCUT2D eigenvalue weighted by Gasteiger charge is 2.17. The van der Waals surface area contributed by atoms with Crippen molar-refractivity contribution in [2.75, 3.05) is 12.8 Å². The summed E-state index contributed by atoms with van der Waals surface area (Å²) in [6, 6.07) is 8.53. The van der Waals surface area contributed by atoms with E-state index in [1.165, 1.54) is 19.4 Å². The van der Waals surface area contributed by atoms with Crippen LogP contribution in [0.15, 0.2) is 30.3 Å². The molecule has 0 radical (unpaired) electrons.